The van der Waals surface area contributed by atoms with Crippen LogP contribution in [0, 0.1) is 0 Å². The van der Waals surface area contributed by atoms with Crippen LogP contribution < -0.4 is 10.5 Å². The minimum absolute atomic E-state index is 0.0380. The van der Waals surface area contributed by atoms with Crippen molar-refractivity contribution in [3.8, 4) is 5.88 Å². The van der Waals surface area contributed by atoms with E-state index in [1.54, 1.807) is 10.9 Å². The Kier molecular flexibility index (Phi) is 4.66. The molecule has 2 N–H and O–H groups in total. The van der Waals surface area contributed by atoms with Crippen LogP contribution in [0.15, 0.2) is 18.5 Å². The van der Waals surface area contributed by atoms with Crippen molar-refractivity contribution >= 4 is 17.4 Å². The highest BCUT2D eigenvalue weighted by atomic mass is 16.5. The molecule has 0 spiro atoms. The number of nitrogens with zero attached hydrogens (tertiary/aromatic N) is 4. The number of aryl methyl sites for hydroxylation is 1. The zero-order valence-corrected chi connectivity index (χ0v) is 14.2. The van der Waals surface area contributed by atoms with Gasteiger partial charge in [-0.25, -0.2) is 9.78 Å². The molecule has 0 fully saturated rings. The molecule has 9 heteroatoms. The first-order chi connectivity index (χ1) is 12.0. The Morgan fingerprint density at radius 3 is 2.84 bits per heavy atom. The minimum atomic E-state index is -0.648. The lowest BCUT2D eigenvalue weighted by atomic mass is 10.0. The van der Waals surface area contributed by atoms with Crippen molar-refractivity contribution in [3.63, 3.8) is 0 Å². The van der Waals surface area contributed by atoms with Gasteiger partial charge in [0.15, 0.2) is 11.5 Å². The topological polar surface area (TPSA) is 114 Å². The first kappa shape index (κ1) is 16.9. The lowest BCUT2D eigenvalue weighted by Gasteiger charge is -2.22. The van der Waals surface area contributed by atoms with Crippen molar-refractivity contribution in [1.82, 2.24) is 19.7 Å². The van der Waals surface area contributed by atoms with E-state index in [1.165, 1.54) is 14.2 Å². The molecular formula is C16H19N5O4. The number of anilines is 1. The summed E-state index contributed by atoms with van der Waals surface area (Å²) in [5, 5.41) is 4.16. The Bertz CT molecular complexity index is 830. The molecule has 1 unspecified atom stereocenters. The molecule has 1 aliphatic heterocycles. The number of ether oxygens (including phenoxy) is 3. The Morgan fingerprint density at radius 1 is 1.40 bits per heavy atom. The van der Waals surface area contributed by atoms with Crippen LogP contribution in [0.1, 0.15) is 34.3 Å². The van der Waals surface area contributed by atoms with Crippen LogP contribution in [0.3, 0.4) is 0 Å². The van der Waals surface area contributed by atoms with Gasteiger partial charge in [0.25, 0.3) is 0 Å². The average Bonchev–Trinajstić information content (AvgIpc) is 3.07. The molecule has 0 radical (unpaired) electrons. The molecule has 3 heterocycles. The first-order valence-electron chi connectivity index (χ1n) is 7.64. The predicted octanol–water partition coefficient (Wildman–Crippen LogP) is 1.13. The van der Waals surface area contributed by atoms with Crippen LogP contribution in [-0.2, 0) is 16.5 Å². The van der Waals surface area contributed by atoms with E-state index in [4.69, 9.17) is 19.9 Å². The summed E-state index contributed by atoms with van der Waals surface area (Å²) in [6, 6.07) is 0. The van der Waals surface area contributed by atoms with Crippen LogP contribution >= 0.6 is 0 Å². The van der Waals surface area contributed by atoms with Crippen molar-refractivity contribution in [1.29, 1.82) is 0 Å². The third-order valence-corrected chi connectivity index (χ3v) is 3.84. The Balaban J connectivity index is 2.04. The van der Waals surface area contributed by atoms with Gasteiger partial charge in [-0.3, -0.25) is 4.68 Å². The summed E-state index contributed by atoms with van der Waals surface area (Å²) >= 11 is 0. The van der Waals surface area contributed by atoms with Gasteiger partial charge < -0.3 is 19.9 Å². The molecule has 2 aromatic rings. The maximum Gasteiger partial charge on any atom is 0.360 e. The number of carbonyl (C=O) groups is 1. The molecule has 0 saturated heterocycles. The van der Waals surface area contributed by atoms with E-state index in [2.05, 4.69) is 15.1 Å². The minimum Gasteiger partial charge on any atom is -0.479 e. The van der Waals surface area contributed by atoms with Crippen molar-refractivity contribution in [2.75, 3.05) is 26.6 Å². The van der Waals surface area contributed by atoms with Crippen LogP contribution in [-0.4, -0.2) is 46.5 Å². The van der Waals surface area contributed by atoms with Gasteiger partial charge in [-0.2, -0.15) is 10.1 Å². The van der Waals surface area contributed by atoms with Crippen molar-refractivity contribution in [2.45, 2.75) is 12.5 Å². The number of nitrogen functional groups attached to an aromatic ring is 1. The molecule has 0 amide bonds. The van der Waals surface area contributed by atoms with Gasteiger partial charge in [0.2, 0.25) is 5.88 Å². The number of carbonyl (C=O) groups excluding carboxylic acids is 1. The number of hydrogen-bond donors (Lipinski definition) is 1. The highest BCUT2D eigenvalue weighted by molar-refractivity contribution is 5.92. The average molecular weight is 345 g/mol. The molecule has 0 aliphatic carbocycles. The maximum atomic E-state index is 11.9. The fourth-order valence-corrected chi connectivity index (χ4v) is 2.62. The molecule has 0 saturated carbocycles. The van der Waals surface area contributed by atoms with Gasteiger partial charge in [-0.15, -0.1) is 0 Å². The van der Waals surface area contributed by atoms with E-state index >= 15 is 0 Å². The zero-order chi connectivity index (χ0) is 18.0. The van der Waals surface area contributed by atoms with Gasteiger partial charge in [-0.05, 0) is 18.1 Å². The Labute approximate surface area is 144 Å². The molecule has 25 heavy (non-hydrogen) atoms. The summed E-state index contributed by atoms with van der Waals surface area (Å²) in [4.78, 5) is 20.3. The second-order valence-corrected chi connectivity index (χ2v) is 5.49. The second-order valence-electron chi connectivity index (χ2n) is 5.49. The fraction of sp³-hybridized carbons (Fsp3) is 0.375. The molecule has 3 rings (SSSR count). The molecule has 9 nitrogen and oxygen atoms in total. The van der Waals surface area contributed by atoms with Crippen LogP contribution in [0.25, 0.3) is 5.57 Å². The lowest BCUT2D eigenvalue weighted by Crippen LogP contribution is -2.15. The maximum absolute atomic E-state index is 11.9. The molecular weight excluding hydrogens is 326 g/mol. The normalized spacial score (nSPS) is 17.1. The molecule has 2 aromatic heterocycles. The van der Waals surface area contributed by atoms with Gasteiger partial charge in [0.05, 0.1) is 27.0 Å². The van der Waals surface area contributed by atoms with Crippen LogP contribution in [0.4, 0.5) is 5.82 Å². The third-order valence-electron chi connectivity index (χ3n) is 3.84. The fourth-order valence-electron chi connectivity index (χ4n) is 2.62. The van der Waals surface area contributed by atoms with E-state index in [0.717, 1.165) is 11.1 Å². The van der Waals surface area contributed by atoms with Gasteiger partial charge in [-0.1, -0.05) is 0 Å². The predicted molar refractivity (Wildman–Crippen MR) is 88.8 cm³/mol. The number of aromatic nitrogens is 4. The van der Waals surface area contributed by atoms with Crippen molar-refractivity contribution in [2.24, 2.45) is 7.05 Å². The van der Waals surface area contributed by atoms with Crippen LogP contribution in [0.5, 0.6) is 5.88 Å². The number of rotatable bonds is 4. The smallest absolute Gasteiger partial charge is 0.360 e. The standard InChI is InChI=1S/C16H19N5O4/c1-21-8-10(7-18-21)11-6-9(4-5-25-11)12-15(23-2)20-14(17)13(19-12)16(22)24-3/h6-8,11H,4-5H2,1-3H3,(H2,17,20). The number of hydrogen-bond acceptors (Lipinski definition) is 8. The highest BCUT2D eigenvalue weighted by Gasteiger charge is 2.25. The molecule has 0 aromatic carbocycles. The number of esters is 1. The number of nitrogens with two attached hydrogens (primary N) is 1. The van der Waals surface area contributed by atoms with E-state index in [-0.39, 0.29) is 23.5 Å². The zero-order valence-electron chi connectivity index (χ0n) is 14.2. The van der Waals surface area contributed by atoms with Gasteiger partial charge in [0.1, 0.15) is 11.8 Å². The van der Waals surface area contributed by atoms with E-state index < -0.39 is 5.97 Å². The van der Waals surface area contributed by atoms with Gasteiger partial charge in [0, 0.05) is 18.8 Å². The molecule has 0 bridgehead atoms. The lowest BCUT2D eigenvalue weighted by molar-refractivity contribution is 0.0594. The second kappa shape index (κ2) is 6.89. The monoisotopic (exact) mass is 345 g/mol. The summed E-state index contributed by atoms with van der Waals surface area (Å²) < 4.78 is 17.5. The molecule has 1 aliphatic rings. The van der Waals surface area contributed by atoms with Crippen molar-refractivity contribution < 1.29 is 19.0 Å². The quantitative estimate of drug-likeness (QED) is 0.820. The Morgan fingerprint density at radius 2 is 2.20 bits per heavy atom. The summed E-state index contributed by atoms with van der Waals surface area (Å²) in [6.07, 6.45) is 5.89. The number of methoxy groups -OCH3 is 2. The summed E-state index contributed by atoms with van der Waals surface area (Å²) in [5.74, 6) is -0.433. The third kappa shape index (κ3) is 3.31. The summed E-state index contributed by atoms with van der Waals surface area (Å²) in [6.45, 7) is 0.494. The Hall–Kier alpha value is -2.94. The van der Waals surface area contributed by atoms with E-state index in [0.29, 0.717) is 18.7 Å². The molecule has 132 valence electrons. The SMILES string of the molecule is COC(=O)c1nc(C2=CC(c3cnn(C)c3)OCC2)c(OC)nc1N. The highest BCUT2D eigenvalue weighted by Crippen LogP contribution is 2.34. The van der Waals surface area contributed by atoms with Crippen LogP contribution in [0.2, 0.25) is 0 Å². The van der Waals surface area contributed by atoms with Crippen molar-refractivity contribution in [3.05, 3.63) is 35.4 Å². The summed E-state index contributed by atoms with van der Waals surface area (Å²) in [5.41, 5.74) is 7.98. The van der Waals surface area contributed by atoms with E-state index in [1.807, 2.05) is 19.3 Å². The summed E-state index contributed by atoms with van der Waals surface area (Å²) in [7, 11) is 4.58. The molecule has 1 atom stereocenters. The van der Waals surface area contributed by atoms with Gasteiger partial charge >= 0.3 is 5.97 Å². The van der Waals surface area contributed by atoms with E-state index in [9.17, 15) is 4.79 Å². The largest absolute Gasteiger partial charge is 0.479 e. The first-order valence-corrected chi connectivity index (χ1v) is 7.64.